The van der Waals surface area contributed by atoms with Crippen LogP contribution in [0, 0.1) is 0 Å². The Bertz CT molecular complexity index is 473. The molecule has 1 aromatic rings. The van der Waals surface area contributed by atoms with Crippen LogP contribution in [0.3, 0.4) is 0 Å². The SMILES string of the molecule is CN(CCNc1cc(C(F)(F)F)cc(Cl)n1)C1CCCC1. The first-order valence-electron chi connectivity index (χ1n) is 7.05. The van der Waals surface area contributed by atoms with Crippen LogP contribution in [0.15, 0.2) is 12.1 Å². The lowest BCUT2D eigenvalue weighted by atomic mass is 10.2. The molecule has 1 aliphatic carbocycles. The van der Waals surface area contributed by atoms with E-state index >= 15 is 0 Å². The zero-order valence-electron chi connectivity index (χ0n) is 11.9. The summed E-state index contributed by atoms with van der Waals surface area (Å²) in [6, 6.07) is 2.41. The van der Waals surface area contributed by atoms with Crippen LogP contribution in [0.4, 0.5) is 19.0 Å². The number of likely N-dealkylation sites (N-methyl/N-ethyl adjacent to an activating group) is 1. The van der Waals surface area contributed by atoms with E-state index in [0.717, 1.165) is 18.7 Å². The van der Waals surface area contributed by atoms with Crippen molar-refractivity contribution in [2.45, 2.75) is 37.9 Å². The van der Waals surface area contributed by atoms with Gasteiger partial charge >= 0.3 is 6.18 Å². The zero-order chi connectivity index (χ0) is 15.5. The molecule has 1 heterocycles. The van der Waals surface area contributed by atoms with Gasteiger partial charge in [0.25, 0.3) is 0 Å². The molecule has 0 saturated heterocycles. The molecule has 1 fully saturated rings. The van der Waals surface area contributed by atoms with Gasteiger partial charge in [0.05, 0.1) is 5.56 Å². The van der Waals surface area contributed by atoms with Gasteiger partial charge < -0.3 is 10.2 Å². The van der Waals surface area contributed by atoms with Gasteiger partial charge in [-0.3, -0.25) is 0 Å². The van der Waals surface area contributed by atoms with E-state index in [1.54, 1.807) is 0 Å². The number of anilines is 1. The first-order chi connectivity index (χ1) is 9.86. The smallest absolute Gasteiger partial charge is 0.369 e. The summed E-state index contributed by atoms with van der Waals surface area (Å²) >= 11 is 5.64. The number of hydrogen-bond acceptors (Lipinski definition) is 3. The summed E-state index contributed by atoms with van der Waals surface area (Å²) in [4.78, 5) is 6.12. The quantitative estimate of drug-likeness (QED) is 0.830. The maximum absolute atomic E-state index is 12.7. The number of alkyl halides is 3. The van der Waals surface area contributed by atoms with Crippen molar-refractivity contribution in [1.82, 2.24) is 9.88 Å². The number of pyridine rings is 1. The molecule has 1 saturated carbocycles. The van der Waals surface area contributed by atoms with E-state index in [0.29, 0.717) is 12.6 Å². The van der Waals surface area contributed by atoms with E-state index in [4.69, 9.17) is 11.6 Å². The largest absolute Gasteiger partial charge is 0.416 e. The molecule has 1 aromatic heterocycles. The molecule has 0 amide bonds. The Labute approximate surface area is 127 Å². The van der Waals surface area contributed by atoms with Gasteiger partial charge in [0.15, 0.2) is 0 Å². The fraction of sp³-hybridized carbons (Fsp3) is 0.643. The average Bonchev–Trinajstić information content (AvgIpc) is 2.90. The van der Waals surface area contributed by atoms with Crippen LogP contribution in [-0.2, 0) is 6.18 Å². The number of hydrogen-bond donors (Lipinski definition) is 1. The number of halogens is 4. The average molecular weight is 322 g/mol. The Morgan fingerprint density at radius 3 is 2.62 bits per heavy atom. The number of rotatable bonds is 5. The zero-order valence-corrected chi connectivity index (χ0v) is 12.6. The topological polar surface area (TPSA) is 28.2 Å². The highest BCUT2D eigenvalue weighted by atomic mass is 35.5. The first kappa shape index (κ1) is 16.4. The van der Waals surface area contributed by atoms with Crippen LogP contribution >= 0.6 is 11.6 Å². The molecule has 0 aliphatic heterocycles. The van der Waals surface area contributed by atoms with Crippen molar-refractivity contribution in [1.29, 1.82) is 0 Å². The molecule has 0 spiro atoms. The molecule has 1 aliphatic rings. The van der Waals surface area contributed by atoms with E-state index < -0.39 is 11.7 Å². The van der Waals surface area contributed by atoms with Crippen molar-refractivity contribution in [3.05, 3.63) is 22.8 Å². The molecular weight excluding hydrogens is 303 g/mol. The van der Waals surface area contributed by atoms with Crippen LogP contribution in [0.25, 0.3) is 0 Å². The minimum atomic E-state index is -4.41. The molecule has 3 nitrogen and oxygen atoms in total. The van der Waals surface area contributed by atoms with Gasteiger partial charge in [-0.25, -0.2) is 4.98 Å². The van der Waals surface area contributed by atoms with E-state index in [2.05, 4.69) is 15.2 Å². The Kier molecular flexibility index (Phi) is 5.32. The highest BCUT2D eigenvalue weighted by molar-refractivity contribution is 6.29. The van der Waals surface area contributed by atoms with Gasteiger partial charge in [-0.15, -0.1) is 0 Å². The summed E-state index contributed by atoms with van der Waals surface area (Å²) in [7, 11) is 2.05. The molecule has 0 atom stereocenters. The van der Waals surface area contributed by atoms with Crippen LogP contribution in [0.2, 0.25) is 5.15 Å². The lowest BCUT2D eigenvalue weighted by Crippen LogP contribution is -2.33. The van der Waals surface area contributed by atoms with Crippen molar-refractivity contribution >= 4 is 17.4 Å². The van der Waals surface area contributed by atoms with Gasteiger partial charge in [0.1, 0.15) is 11.0 Å². The summed E-state index contributed by atoms with van der Waals surface area (Å²) in [5, 5.41) is 2.76. The molecule has 21 heavy (non-hydrogen) atoms. The van der Waals surface area contributed by atoms with Gasteiger partial charge in [-0.2, -0.15) is 13.2 Å². The molecule has 0 aromatic carbocycles. The standard InChI is InChI=1S/C14H19ClF3N3/c1-21(11-4-2-3-5-11)7-6-19-13-9-10(14(16,17)18)8-12(15)20-13/h8-9,11H,2-7H2,1H3,(H,19,20). The minimum Gasteiger partial charge on any atom is -0.369 e. The Morgan fingerprint density at radius 2 is 2.00 bits per heavy atom. The van der Waals surface area contributed by atoms with Gasteiger partial charge in [0.2, 0.25) is 0 Å². The third-order valence-corrected chi connectivity index (χ3v) is 4.03. The van der Waals surface area contributed by atoms with Crippen LogP contribution < -0.4 is 5.32 Å². The fourth-order valence-corrected chi connectivity index (χ4v) is 2.85. The molecule has 7 heteroatoms. The van der Waals surface area contributed by atoms with Crippen molar-refractivity contribution < 1.29 is 13.2 Å². The maximum Gasteiger partial charge on any atom is 0.416 e. The van der Waals surface area contributed by atoms with Crippen molar-refractivity contribution in [3.63, 3.8) is 0 Å². The maximum atomic E-state index is 12.7. The first-order valence-corrected chi connectivity index (χ1v) is 7.43. The molecule has 0 radical (unpaired) electrons. The summed E-state index contributed by atoms with van der Waals surface area (Å²) in [6.07, 6.45) is 0.498. The second kappa shape index (κ2) is 6.83. The summed E-state index contributed by atoms with van der Waals surface area (Å²) in [5.41, 5.74) is -0.783. The Balaban J connectivity index is 1.89. The number of aromatic nitrogens is 1. The predicted molar refractivity (Wildman–Crippen MR) is 77.6 cm³/mol. The van der Waals surface area contributed by atoms with E-state index in [1.807, 2.05) is 7.05 Å². The highest BCUT2D eigenvalue weighted by Gasteiger charge is 2.31. The predicted octanol–water partition coefficient (Wildman–Crippen LogP) is 4.04. The lowest BCUT2D eigenvalue weighted by Gasteiger charge is -2.24. The summed E-state index contributed by atoms with van der Waals surface area (Å²) < 4.78 is 38.0. The van der Waals surface area contributed by atoms with Crippen molar-refractivity contribution in [3.8, 4) is 0 Å². The molecule has 1 N–H and O–H groups in total. The number of nitrogens with one attached hydrogen (secondary N) is 1. The van der Waals surface area contributed by atoms with Crippen LogP contribution in [-0.4, -0.2) is 36.1 Å². The Morgan fingerprint density at radius 1 is 1.33 bits per heavy atom. The van der Waals surface area contributed by atoms with Crippen molar-refractivity contribution in [2.24, 2.45) is 0 Å². The normalized spacial score (nSPS) is 16.7. The van der Waals surface area contributed by atoms with Gasteiger partial charge in [-0.1, -0.05) is 24.4 Å². The third kappa shape index (κ3) is 4.74. The van der Waals surface area contributed by atoms with E-state index in [-0.39, 0.29) is 11.0 Å². The van der Waals surface area contributed by atoms with Crippen LogP contribution in [0.5, 0.6) is 0 Å². The van der Waals surface area contributed by atoms with E-state index in [1.165, 1.54) is 25.7 Å². The summed E-state index contributed by atoms with van der Waals surface area (Å²) in [5.74, 6) is 0.162. The summed E-state index contributed by atoms with van der Waals surface area (Å²) in [6.45, 7) is 1.30. The Hall–Kier alpha value is -1.01. The molecule has 2 rings (SSSR count). The van der Waals surface area contributed by atoms with Crippen molar-refractivity contribution in [2.75, 3.05) is 25.5 Å². The lowest BCUT2D eigenvalue weighted by molar-refractivity contribution is -0.137. The third-order valence-electron chi connectivity index (χ3n) is 3.84. The molecule has 118 valence electrons. The minimum absolute atomic E-state index is 0.156. The van der Waals surface area contributed by atoms with E-state index in [9.17, 15) is 13.2 Å². The number of nitrogens with zero attached hydrogens (tertiary/aromatic N) is 2. The second-order valence-electron chi connectivity index (χ2n) is 5.41. The second-order valence-corrected chi connectivity index (χ2v) is 5.79. The molecule has 0 unspecified atom stereocenters. The molecular formula is C14H19ClF3N3. The van der Waals surface area contributed by atoms with Gasteiger partial charge in [0, 0.05) is 19.1 Å². The highest BCUT2D eigenvalue weighted by Crippen LogP contribution is 2.31. The van der Waals surface area contributed by atoms with Gasteiger partial charge in [-0.05, 0) is 32.0 Å². The monoisotopic (exact) mass is 321 g/mol. The molecule has 0 bridgehead atoms. The van der Waals surface area contributed by atoms with Crippen LogP contribution in [0.1, 0.15) is 31.2 Å². The fourth-order valence-electron chi connectivity index (χ4n) is 2.64.